The molecule has 0 aliphatic rings. The Bertz CT molecular complexity index is 863. The Morgan fingerprint density at radius 3 is 2.52 bits per heavy atom. The molecule has 0 radical (unpaired) electrons. The van der Waals surface area contributed by atoms with Gasteiger partial charge in [-0.25, -0.2) is 4.79 Å². The summed E-state index contributed by atoms with van der Waals surface area (Å²) in [4.78, 5) is 35.5. The second-order valence-electron chi connectivity index (χ2n) is 6.09. The predicted octanol–water partition coefficient (Wildman–Crippen LogP) is 2.35. The van der Waals surface area contributed by atoms with Gasteiger partial charge in [-0.05, 0) is 50.1 Å². The molecule has 0 saturated heterocycles. The van der Waals surface area contributed by atoms with Crippen molar-refractivity contribution in [1.82, 2.24) is 0 Å². The van der Waals surface area contributed by atoms with Crippen LogP contribution in [0.25, 0.3) is 0 Å². The van der Waals surface area contributed by atoms with Crippen LogP contribution in [-0.2, 0) is 14.3 Å². The number of ether oxygens (including phenoxy) is 2. The Labute approximate surface area is 157 Å². The smallest absolute Gasteiger partial charge is 0.344 e. The number of primary amides is 1. The van der Waals surface area contributed by atoms with E-state index in [4.69, 9.17) is 15.2 Å². The molecule has 0 aliphatic carbocycles. The Balaban J connectivity index is 1.91. The summed E-state index contributed by atoms with van der Waals surface area (Å²) in [5.74, 6) is -1.68. The number of benzene rings is 2. The van der Waals surface area contributed by atoms with E-state index in [1.165, 1.54) is 19.1 Å². The molecule has 7 nitrogen and oxygen atoms in total. The fraction of sp³-hybridized carbons (Fsp3) is 0.250. The van der Waals surface area contributed by atoms with Gasteiger partial charge in [0, 0.05) is 5.69 Å². The minimum atomic E-state index is -1.01. The number of para-hydroxylation sites is 1. The molecule has 0 heterocycles. The number of amides is 2. The zero-order chi connectivity index (χ0) is 20.0. The van der Waals surface area contributed by atoms with Crippen LogP contribution in [0.1, 0.15) is 28.4 Å². The average Bonchev–Trinajstić information content (AvgIpc) is 2.63. The number of carbonyl (C=O) groups excluding carboxylic acids is 3. The summed E-state index contributed by atoms with van der Waals surface area (Å²) < 4.78 is 10.4. The molecule has 0 spiro atoms. The summed E-state index contributed by atoms with van der Waals surface area (Å²) in [5.41, 5.74) is 7.97. The summed E-state index contributed by atoms with van der Waals surface area (Å²) in [6, 6.07) is 12.0. The van der Waals surface area contributed by atoms with E-state index in [0.29, 0.717) is 5.69 Å². The van der Waals surface area contributed by atoms with E-state index in [2.05, 4.69) is 5.32 Å². The van der Waals surface area contributed by atoms with Crippen LogP contribution in [0.15, 0.2) is 42.5 Å². The number of carbonyl (C=O) groups is 3. The third kappa shape index (κ3) is 5.57. The highest BCUT2D eigenvalue weighted by Crippen LogP contribution is 2.18. The van der Waals surface area contributed by atoms with E-state index in [1.807, 2.05) is 32.0 Å². The number of nitrogens with one attached hydrogen (secondary N) is 1. The van der Waals surface area contributed by atoms with Gasteiger partial charge in [-0.3, -0.25) is 9.59 Å². The lowest BCUT2D eigenvalue weighted by molar-refractivity contribution is -0.155. The zero-order valence-corrected chi connectivity index (χ0v) is 15.4. The second kappa shape index (κ2) is 8.84. The largest absolute Gasteiger partial charge is 0.481 e. The predicted molar refractivity (Wildman–Crippen MR) is 101 cm³/mol. The monoisotopic (exact) mass is 370 g/mol. The fourth-order valence-corrected chi connectivity index (χ4v) is 2.32. The molecule has 3 N–H and O–H groups in total. The third-order valence-corrected chi connectivity index (χ3v) is 3.83. The van der Waals surface area contributed by atoms with E-state index in [0.717, 1.165) is 11.1 Å². The molecule has 27 heavy (non-hydrogen) atoms. The highest BCUT2D eigenvalue weighted by atomic mass is 16.6. The Hall–Kier alpha value is -3.35. The average molecular weight is 370 g/mol. The number of hydrogen-bond donors (Lipinski definition) is 2. The molecule has 2 rings (SSSR count). The van der Waals surface area contributed by atoms with Crippen molar-refractivity contribution in [2.45, 2.75) is 26.9 Å². The van der Waals surface area contributed by atoms with Crippen LogP contribution in [0.5, 0.6) is 5.75 Å². The molecular formula is C20H22N2O5. The van der Waals surface area contributed by atoms with Crippen LogP contribution in [0, 0.1) is 13.8 Å². The van der Waals surface area contributed by atoms with Crippen molar-refractivity contribution in [1.29, 1.82) is 0 Å². The first-order valence-corrected chi connectivity index (χ1v) is 8.37. The number of anilines is 1. The second-order valence-corrected chi connectivity index (χ2v) is 6.09. The van der Waals surface area contributed by atoms with Crippen LogP contribution in [0.3, 0.4) is 0 Å². The SMILES string of the molecule is Cc1ccc(C)c(NC(=O)[C@@H](C)OC(=O)COc2ccccc2C(N)=O)c1. The molecule has 0 unspecified atom stereocenters. The highest BCUT2D eigenvalue weighted by molar-refractivity contribution is 5.96. The Morgan fingerprint density at radius 2 is 1.81 bits per heavy atom. The van der Waals surface area contributed by atoms with E-state index >= 15 is 0 Å². The van der Waals surface area contributed by atoms with E-state index in [9.17, 15) is 14.4 Å². The van der Waals surface area contributed by atoms with Crippen molar-refractivity contribution in [2.24, 2.45) is 5.73 Å². The van der Waals surface area contributed by atoms with Gasteiger partial charge in [-0.2, -0.15) is 0 Å². The van der Waals surface area contributed by atoms with Gasteiger partial charge in [0.05, 0.1) is 5.56 Å². The maximum absolute atomic E-state index is 12.2. The first-order valence-electron chi connectivity index (χ1n) is 8.37. The molecule has 0 fully saturated rings. The summed E-state index contributed by atoms with van der Waals surface area (Å²) >= 11 is 0. The lowest BCUT2D eigenvalue weighted by Gasteiger charge is -2.15. The van der Waals surface area contributed by atoms with Gasteiger partial charge in [0.1, 0.15) is 5.75 Å². The highest BCUT2D eigenvalue weighted by Gasteiger charge is 2.19. The van der Waals surface area contributed by atoms with Gasteiger partial charge >= 0.3 is 5.97 Å². The standard InChI is InChI=1S/C20H22N2O5/c1-12-8-9-13(2)16(10-12)22-20(25)14(3)27-18(23)11-26-17-7-5-4-6-15(17)19(21)24/h4-10,14H,11H2,1-3H3,(H2,21,24)(H,22,25)/t14-/m1/s1. The lowest BCUT2D eigenvalue weighted by atomic mass is 10.1. The topological polar surface area (TPSA) is 108 Å². The molecule has 2 amide bonds. The molecule has 2 aromatic carbocycles. The van der Waals surface area contributed by atoms with E-state index in [-0.39, 0.29) is 11.3 Å². The van der Waals surface area contributed by atoms with Crippen molar-refractivity contribution >= 4 is 23.5 Å². The Morgan fingerprint density at radius 1 is 1.11 bits per heavy atom. The lowest BCUT2D eigenvalue weighted by Crippen LogP contribution is -2.32. The maximum atomic E-state index is 12.2. The molecule has 142 valence electrons. The van der Waals surface area contributed by atoms with Gasteiger partial charge in [-0.1, -0.05) is 24.3 Å². The third-order valence-electron chi connectivity index (χ3n) is 3.83. The van der Waals surface area contributed by atoms with Crippen LogP contribution in [0.2, 0.25) is 0 Å². The van der Waals surface area contributed by atoms with Crippen molar-refractivity contribution in [3.8, 4) is 5.75 Å². The molecule has 0 aliphatic heterocycles. The first-order chi connectivity index (χ1) is 12.8. The van der Waals surface area contributed by atoms with Gasteiger partial charge in [0.2, 0.25) is 0 Å². The van der Waals surface area contributed by atoms with Crippen molar-refractivity contribution in [3.05, 3.63) is 59.2 Å². The molecule has 0 aromatic heterocycles. The normalized spacial score (nSPS) is 11.4. The van der Waals surface area contributed by atoms with Gasteiger partial charge in [0.15, 0.2) is 12.7 Å². The number of esters is 1. The number of nitrogens with two attached hydrogens (primary N) is 1. The zero-order valence-electron chi connectivity index (χ0n) is 15.4. The van der Waals surface area contributed by atoms with Gasteiger partial charge < -0.3 is 20.5 Å². The van der Waals surface area contributed by atoms with Crippen LogP contribution >= 0.6 is 0 Å². The number of rotatable bonds is 7. The molecule has 0 saturated carbocycles. The molecule has 1 atom stereocenters. The molecule has 7 heteroatoms. The van der Waals surface area contributed by atoms with E-state index < -0.39 is 30.5 Å². The number of hydrogen-bond acceptors (Lipinski definition) is 5. The van der Waals surface area contributed by atoms with Crippen molar-refractivity contribution < 1.29 is 23.9 Å². The summed E-state index contributed by atoms with van der Waals surface area (Å²) in [5, 5.41) is 2.74. The molecule has 0 bridgehead atoms. The fourth-order valence-electron chi connectivity index (χ4n) is 2.32. The van der Waals surface area contributed by atoms with Crippen LogP contribution in [-0.4, -0.2) is 30.5 Å². The molecule has 2 aromatic rings. The summed E-state index contributed by atoms with van der Waals surface area (Å²) in [6.45, 7) is 4.80. The first kappa shape index (κ1) is 20.0. The molecular weight excluding hydrogens is 348 g/mol. The maximum Gasteiger partial charge on any atom is 0.344 e. The van der Waals surface area contributed by atoms with Crippen LogP contribution < -0.4 is 15.8 Å². The minimum absolute atomic E-state index is 0.158. The van der Waals surface area contributed by atoms with Gasteiger partial charge in [0.25, 0.3) is 11.8 Å². The van der Waals surface area contributed by atoms with Gasteiger partial charge in [-0.15, -0.1) is 0 Å². The summed E-state index contributed by atoms with van der Waals surface area (Å²) in [7, 11) is 0. The quantitative estimate of drug-likeness (QED) is 0.728. The van der Waals surface area contributed by atoms with Crippen LogP contribution in [0.4, 0.5) is 5.69 Å². The minimum Gasteiger partial charge on any atom is -0.481 e. The van der Waals surface area contributed by atoms with E-state index in [1.54, 1.807) is 12.1 Å². The van der Waals surface area contributed by atoms with Crippen molar-refractivity contribution in [3.63, 3.8) is 0 Å². The summed E-state index contributed by atoms with van der Waals surface area (Å²) in [6.07, 6.45) is -1.01. The number of aryl methyl sites for hydroxylation is 2. The Kier molecular flexibility index (Phi) is 6.54. The van der Waals surface area contributed by atoms with Crippen molar-refractivity contribution in [2.75, 3.05) is 11.9 Å².